The summed E-state index contributed by atoms with van der Waals surface area (Å²) in [5.41, 5.74) is 6.04. The van der Waals surface area contributed by atoms with E-state index in [-0.39, 0.29) is 5.84 Å². The molecule has 0 saturated carbocycles. The standard InChI is InChI=1S/C13H19ClN4O/c1-18(8-9-3-6-19-7-4-9)13-11(14)10(12(15)16)2-5-17-13/h2,5,9H,3-4,6-8H2,1H3,(H3,15,16). The van der Waals surface area contributed by atoms with Gasteiger partial charge in [-0.05, 0) is 24.8 Å². The first-order chi connectivity index (χ1) is 9.09. The Balaban J connectivity index is 2.12. The van der Waals surface area contributed by atoms with Crippen molar-refractivity contribution < 1.29 is 4.74 Å². The van der Waals surface area contributed by atoms with E-state index in [4.69, 9.17) is 27.5 Å². The number of hydrogen-bond acceptors (Lipinski definition) is 4. The maximum Gasteiger partial charge on any atom is 0.147 e. The third kappa shape index (κ3) is 3.36. The molecule has 0 radical (unpaired) electrons. The highest BCUT2D eigenvalue weighted by Gasteiger charge is 2.19. The summed E-state index contributed by atoms with van der Waals surface area (Å²) in [6.07, 6.45) is 3.77. The molecule has 1 aromatic heterocycles. The predicted molar refractivity (Wildman–Crippen MR) is 77.1 cm³/mol. The Labute approximate surface area is 118 Å². The maximum atomic E-state index is 7.50. The van der Waals surface area contributed by atoms with Crippen molar-refractivity contribution in [3.8, 4) is 0 Å². The number of nitrogens with zero attached hydrogens (tertiary/aromatic N) is 2. The first kappa shape index (κ1) is 14.1. The van der Waals surface area contributed by atoms with Crippen LogP contribution in [0.3, 0.4) is 0 Å². The van der Waals surface area contributed by atoms with E-state index >= 15 is 0 Å². The number of pyridine rings is 1. The van der Waals surface area contributed by atoms with Gasteiger partial charge in [-0.3, -0.25) is 5.41 Å². The van der Waals surface area contributed by atoms with Gasteiger partial charge in [-0.15, -0.1) is 0 Å². The van der Waals surface area contributed by atoms with Gasteiger partial charge in [0.15, 0.2) is 0 Å². The summed E-state index contributed by atoms with van der Waals surface area (Å²) < 4.78 is 5.36. The van der Waals surface area contributed by atoms with Crippen LogP contribution in [0.15, 0.2) is 12.3 Å². The van der Waals surface area contributed by atoms with Gasteiger partial charge >= 0.3 is 0 Å². The summed E-state index contributed by atoms with van der Waals surface area (Å²) in [6.45, 7) is 2.54. The third-order valence-electron chi connectivity index (χ3n) is 3.40. The van der Waals surface area contributed by atoms with Gasteiger partial charge in [0.05, 0.1) is 5.02 Å². The molecular formula is C13H19ClN4O. The second-order valence-corrected chi connectivity index (χ2v) is 5.22. The van der Waals surface area contributed by atoms with Crippen LogP contribution in [0.2, 0.25) is 5.02 Å². The van der Waals surface area contributed by atoms with E-state index in [9.17, 15) is 0 Å². The van der Waals surface area contributed by atoms with Crippen molar-refractivity contribution in [2.24, 2.45) is 11.7 Å². The van der Waals surface area contributed by atoms with E-state index < -0.39 is 0 Å². The number of rotatable bonds is 4. The van der Waals surface area contributed by atoms with Crippen LogP contribution < -0.4 is 10.6 Å². The van der Waals surface area contributed by atoms with Crippen molar-refractivity contribution in [3.05, 3.63) is 22.8 Å². The average molecular weight is 283 g/mol. The molecule has 0 aliphatic carbocycles. The molecule has 3 N–H and O–H groups in total. The molecule has 0 unspecified atom stereocenters. The summed E-state index contributed by atoms with van der Waals surface area (Å²) in [6, 6.07) is 1.66. The molecule has 1 aliphatic rings. The molecular weight excluding hydrogens is 264 g/mol. The van der Waals surface area contributed by atoms with Crippen molar-refractivity contribution in [1.29, 1.82) is 5.41 Å². The number of amidine groups is 1. The summed E-state index contributed by atoms with van der Waals surface area (Å²) >= 11 is 6.27. The summed E-state index contributed by atoms with van der Waals surface area (Å²) in [7, 11) is 1.97. The minimum Gasteiger partial charge on any atom is -0.384 e. The molecule has 1 aliphatic heterocycles. The SMILES string of the molecule is CN(CC1CCOCC1)c1nccc(C(=N)N)c1Cl. The molecule has 0 bridgehead atoms. The largest absolute Gasteiger partial charge is 0.384 e. The molecule has 0 aromatic carbocycles. The zero-order valence-electron chi connectivity index (χ0n) is 11.0. The molecule has 0 spiro atoms. The molecule has 0 amide bonds. The topological polar surface area (TPSA) is 75.2 Å². The lowest BCUT2D eigenvalue weighted by Crippen LogP contribution is -2.30. The van der Waals surface area contributed by atoms with Crippen LogP contribution in [0, 0.1) is 11.3 Å². The second-order valence-electron chi connectivity index (χ2n) is 4.85. The van der Waals surface area contributed by atoms with Crippen LogP contribution in [-0.4, -0.2) is 37.6 Å². The van der Waals surface area contributed by atoms with Gasteiger partial charge in [0, 0.05) is 38.6 Å². The van der Waals surface area contributed by atoms with Crippen molar-refractivity contribution in [1.82, 2.24) is 4.98 Å². The first-order valence-corrected chi connectivity index (χ1v) is 6.75. The molecule has 19 heavy (non-hydrogen) atoms. The summed E-state index contributed by atoms with van der Waals surface area (Å²) in [5, 5.41) is 7.95. The molecule has 1 aromatic rings. The monoisotopic (exact) mass is 282 g/mol. The quantitative estimate of drug-likeness (QED) is 0.653. The average Bonchev–Trinajstić information content (AvgIpc) is 2.39. The number of nitrogens with two attached hydrogens (primary N) is 1. The molecule has 104 valence electrons. The number of nitrogens with one attached hydrogen (secondary N) is 1. The van der Waals surface area contributed by atoms with Gasteiger partial charge in [-0.1, -0.05) is 11.6 Å². The zero-order chi connectivity index (χ0) is 13.8. The fraction of sp³-hybridized carbons (Fsp3) is 0.538. The van der Waals surface area contributed by atoms with E-state index in [1.54, 1.807) is 12.3 Å². The summed E-state index contributed by atoms with van der Waals surface area (Å²) in [5.74, 6) is 1.24. The number of ether oxygens (including phenoxy) is 1. The number of hydrogen-bond donors (Lipinski definition) is 2. The van der Waals surface area contributed by atoms with Gasteiger partial charge in [0.25, 0.3) is 0 Å². The number of anilines is 1. The molecule has 6 heteroatoms. The molecule has 1 saturated heterocycles. The Morgan fingerprint density at radius 1 is 1.58 bits per heavy atom. The minimum atomic E-state index is -0.0342. The number of nitrogen functional groups attached to an aromatic ring is 1. The molecule has 1 fully saturated rings. The van der Waals surface area contributed by atoms with E-state index in [1.807, 2.05) is 11.9 Å². The van der Waals surface area contributed by atoms with Crippen molar-refractivity contribution in [2.45, 2.75) is 12.8 Å². The molecule has 5 nitrogen and oxygen atoms in total. The van der Waals surface area contributed by atoms with E-state index in [2.05, 4.69) is 4.98 Å². The molecule has 2 heterocycles. The van der Waals surface area contributed by atoms with Crippen LogP contribution in [0.1, 0.15) is 18.4 Å². The summed E-state index contributed by atoms with van der Waals surface area (Å²) in [4.78, 5) is 6.33. The first-order valence-electron chi connectivity index (χ1n) is 6.37. The normalized spacial score (nSPS) is 16.3. The van der Waals surface area contributed by atoms with Crippen molar-refractivity contribution in [2.75, 3.05) is 31.7 Å². The number of aromatic nitrogens is 1. The van der Waals surface area contributed by atoms with Crippen molar-refractivity contribution in [3.63, 3.8) is 0 Å². The van der Waals surface area contributed by atoms with Gasteiger partial charge in [0.2, 0.25) is 0 Å². The van der Waals surface area contributed by atoms with Crippen LogP contribution >= 0.6 is 11.6 Å². The van der Waals surface area contributed by atoms with Gasteiger partial charge in [-0.25, -0.2) is 4.98 Å². The van der Waals surface area contributed by atoms with Gasteiger partial charge in [0.1, 0.15) is 11.7 Å². The van der Waals surface area contributed by atoms with E-state index in [0.717, 1.165) is 32.6 Å². The third-order valence-corrected chi connectivity index (χ3v) is 3.77. The maximum absolute atomic E-state index is 7.50. The van der Waals surface area contributed by atoms with E-state index in [0.29, 0.717) is 22.3 Å². The highest BCUT2D eigenvalue weighted by atomic mass is 35.5. The fourth-order valence-electron chi connectivity index (χ4n) is 2.31. The number of halogens is 1. The minimum absolute atomic E-state index is 0.0342. The Hall–Kier alpha value is -1.33. The van der Waals surface area contributed by atoms with Gasteiger partial charge in [-0.2, -0.15) is 0 Å². The van der Waals surface area contributed by atoms with Crippen LogP contribution in [0.25, 0.3) is 0 Å². The van der Waals surface area contributed by atoms with Crippen LogP contribution in [-0.2, 0) is 4.74 Å². The second kappa shape index (κ2) is 6.21. The Kier molecular flexibility index (Phi) is 4.61. The van der Waals surface area contributed by atoms with Gasteiger partial charge < -0.3 is 15.4 Å². The molecule has 2 rings (SSSR count). The predicted octanol–water partition coefficient (Wildman–Crippen LogP) is 1.88. The fourth-order valence-corrected chi connectivity index (χ4v) is 2.67. The molecule has 0 atom stereocenters. The van der Waals surface area contributed by atoms with Crippen molar-refractivity contribution >= 4 is 23.3 Å². The Morgan fingerprint density at radius 3 is 2.89 bits per heavy atom. The highest BCUT2D eigenvalue weighted by Crippen LogP contribution is 2.27. The Bertz CT molecular complexity index is 460. The zero-order valence-corrected chi connectivity index (χ0v) is 11.8. The lowest BCUT2D eigenvalue weighted by Gasteiger charge is -2.28. The smallest absolute Gasteiger partial charge is 0.147 e. The van der Waals surface area contributed by atoms with Crippen LogP contribution in [0.4, 0.5) is 5.82 Å². The highest BCUT2D eigenvalue weighted by molar-refractivity contribution is 6.36. The van der Waals surface area contributed by atoms with E-state index in [1.165, 1.54) is 0 Å². The van der Waals surface area contributed by atoms with Crippen LogP contribution in [0.5, 0.6) is 0 Å². The lowest BCUT2D eigenvalue weighted by atomic mass is 10.00. The lowest BCUT2D eigenvalue weighted by molar-refractivity contribution is 0.0685. The Morgan fingerprint density at radius 2 is 2.26 bits per heavy atom.